The van der Waals surface area contributed by atoms with Gasteiger partial charge in [-0.15, -0.1) is 0 Å². The van der Waals surface area contributed by atoms with Crippen LogP contribution >= 0.6 is 0 Å². The number of nitrogens with two attached hydrogens (primary N) is 1. The highest BCUT2D eigenvalue weighted by Gasteiger charge is 2.22. The number of aryl methyl sites for hydroxylation is 2. The Labute approximate surface area is 123 Å². The topological polar surface area (TPSA) is 55.5 Å². The molecule has 0 radical (unpaired) electrons. The van der Waals surface area contributed by atoms with Gasteiger partial charge in [0.2, 0.25) is 0 Å². The molecule has 1 aromatic carbocycles. The summed E-state index contributed by atoms with van der Waals surface area (Å²) in [5.41, 5.74) is 9.34. The molecule has 0 aliphatic carbocycles. The molecule has 3 nitrogen and oxygen atoms in total. The van der Waals surface area contributed by atoms with Crippen LogP contribution in [0.25, 0.3) is 0 Å². The maximum atomic E-state index is 9.88. The molecule has 0 saturated carbocycles. The number of rotatable bonds is 5. The minimum Gasteiger partial charge on any atom is -0.496 e. The van der Waals surface area contributed by atoms with Gasteiger partial charge in [-0.2, -0.15) is 0 Å². The van der Waals surface area contributed by atoms with Crippen LogP contribution in [0, 0.1) is 6.92 Å². The van der Waals surface area contributed by atoms with Gasteiger partial charge < -0.3 is 15.6 Å². The Hall–Kier alpha value is -1.06. The summed E-state index contributed by atoms with van der Waals surface area (Å²) in [4.78, 5) is 0. The third-order valence-electron chi connectivity index (χ3n) is 3.64. The van der Waals surface area contributed by atoms with E-state index in [9.17, 15) is 5.11 Å². The fraction of sp³-hybridized carbons (Fsp3) is 0.647. The van der Waals surface area contributed by atoms with Gasteiger partial charge in [0.15, 0.2) is 0 Å². The SMILES string of the molecule is COc1c(CCC(O)C(C)N)cc(C)cc1C(C)(C)C. The Morgan fingerprint density at radius 3 is 2.35 bits per heavy atom. The van der Waals surface area contributed by atoms with Crippen molar-refractivity contribution in [2.45, 2.75) is 65.0 Å². The summed E-state index contributed by atoms with van der Waals surface area (Å²) in [5, 5.41) is 9.88. The Morgan fingerprint density at radius 2 is 1.90 bits per heavy atom. The monoisotopic (exact) mass is 279 g/mol. The Balaban J connectivity index is 3.10. The second-order valence-corrected chi connectivity index (χ2v) is 6.72. The molecular formula is C17H29NO2. The molecule has 2 atom stereocenters. The smallest absolute Gasteiger partial charge is 0.125 e. The lowest BCUT2D eigenvalue weighted by Crippen LogP contribution is -2.31. The quantitative estimate of drug-likeness (QED) is 0.871. The number of ether oxygens (including phenoxy) is 1. The van der Waals surface area contributed by atoms with Gasteiger partial charge in [0.25, 0.3) is 0 Å². The van der Waals surface area contributed by atoms with E-state index in [0.29, 0.717) is 6.42 Å². The highest BCUT2D eigenvalue weighted by Crippen LogP contribution is 2.35. The third-order valence-corrected chi connectivity index (χ3v) is 3.64. The zero-order chi connectivity index (χ0) is 15.5. The summed E-state index contributed by atoms with van der Waals surface area (Å²) in [5.74, 6) is 0.944. The van der Waals surface area contributed by atoms with Crippen molar-refractivity contribution in [1.82, 2.24) is 0 Å². The number of aliphatic hydroxyl groups excluding tert-OH is 1. The van der Waals surface area contributed by atoms with Crippen molar-refractivity contribution < 1.29 is 9.84 Å². The largest absolute Gasteiger partial charge is 0.496 e. The Kier molecular flexibility index (Phi) is 5.60. The first kappa shape index (κ1) is 17.0. The van der Waals surface area contributed by atoms with Gasteiger partial charge in [0.1, 0.15) is 5.75 Å². The van der Waals surface area contributed by atoms with Crippen LogP contribution in [0.3, 0.4) is 0 Å². The van der Waals surface area contributed by atoms with Crippen molar-refractivity contribution in [2.75, 3.05) is 7.11 Å². The van der Waals surface area contributed by atoms with Crippen molar-refractivity contribution >= 4 is 0 Å². The van der Waals surface area contributed by atoms with Gasteiger partial charge in [0.05, 0.1) is 13.2 Å². The molecule has 2 unspecified atom stereocenters. The molecule has 3 heteroatoms. The molecule has 0 saturated heterocycles. The molecule has 1 rings (SSSR count). The van der Waals surface area contributed by atoms with E-state index in [1.807, 2.05) is 6.92 Å². The minimum atomic E-state index is -0.474. The zero-order valence-electron chi connectivity index (χ0n) is 13.7. The van der Waals surface area contributed by atoms with E-state index < -0.39 is 6.10 Å². The molecule has 1 aromatic rings. The second-order valence-electron chi connectivity index (χ2n) is 6.72. The van der Waals surface area contributed by atoms with Gasteiger partial charge in [-0.05, 0) is 37.7 Å². The number of aliphatic hydroxyl groups is 1. The van der Waals surface area contributed by atoms with E-state index in [0.717, 1.165) is 17.7 Å². The summed E-state index contributed by atoms with van der Waals surface area (Å²) in [6.45, 7) is 10.5. The average molecular weight is 279 g/mol. The van der Waals surface area contributed by atoms with Gasteiger partial charge in [-0.3, -0.25) is 0 Å². The van der Waals surface area contributed by atoms with E-state index in [1.165, 1.54) is 11.1 Å². The van der Waals surface area contributed by atoms with Crippen molar-refractivity contribution in [3.63, 3.8) is 0 Å². The highest BCUT2D eigenvalue weighted by atomic mass is 16.5. The lowest BCUT2D eigenvalue weighted by atomic mass is 9.83. The molecular weight excluding hydrogens is 250 g/mol. The van der Waals surface area contributed by atoms with Crippen LogP contribution in [-0.4, -0.2) is 24.4 Å². The molecule has 0 heterocycles. The lowest BCUT2D eigenvalue weighted by Gasteiger charge is -2.25. The van der Waals surface area contributed by atoms with E-state index in [-0.39, 0.29) is 11.5 Å². The maximum absolute atomic E-state index is 9.88. The van der Waals surface area contributed by atoms with Gasteiger partial charge in [-0.25, -0.2) is 0 Å². The van der Waals surface area contributed by atoms with E-state index in [4.69, 9.17) is 10.5 Å². The van der Waals surface area contributed by atoms with E-state index in [2.05, 4.69) is 39.8 Å². The lowest BCUT2D eigenvalue weighted by molar-refractivity contribution is 0.141. The molecule has 0 aromatic heterocycles. The van der Waals surface area contributed by atoms with Crippen LogP contribution in [0.15, 0.2) is 12.1 Å². The van der Waals surface area contributed by atoms with Crippen LogP contribution in [0.2, 0.25) is 0 Å². The average Bonchev–Trinajstić information content (AvgIpc) is 2.33. The normalized spacial score (nSPS) is 15.0. The Bertz CT molecular complexity index is 447. The predicted octanol–water partition coefficient (Wildman–Crippen LogP) is 2.94. The molecule has 3 N–H and O–H groups in total. The van der Waals surface area contributed by atoms with Gasteiger partial charge in [-0.1, -0.05) is 38.5 Å². The van der Waals surface area contributed by atoms with Crippen LogP contribution in [0.5, 0.6) is 5.75 Å². The predicted molar refractivity (Wildman–Crippen MR) is 84.4 cm³/mol. The first-order valence-corrected chi connectivity index (χ1v) is 7.28. The molecule has 0 spiro atoms. The molecule has 0 bridgehead atoms. The van der Waals surface area contributed by atoms with Crippen LogP contribution in [0.4, 0.5) is 0 Å². The first-order valence-electron chi connectivity index (χ1n) is 7.28. The van der Waals surface area contributed by atoms with E-state index >= 15 is 0 Å². The van der Waals surface area contributed by atoms with Gasteiger partial charge >= 0.3 is 0 Å². The Morgan fingerprint density at radius 1 is 1.30 bits per heavy atom. The van der Waals surface area contributed by atoms with Crippen molar-refractivity contribution in [3.05, 3.63) is 28.8 Å². The van der Waals surface area contributed by atoms with E-state index in [1.54, 1.807) is 7.11 Å². The number of benzene rings is 1. The molecule has 0 amide bonds. The highest BCUT2D eigenvalue weighted by molar-refractivity contribution is 5.48. The third kappa shape index (κ3) is 4.22. The van der Waals surface area contributed by atoms with Crippen molar-refractivity contribution in [3.8, 4) is 5.75 Å². The molecule has 114 valence electrons. The first-order chi connectivity index (χ1) is 9.16. The maximum Gasteiger partial charge on any atom is 0.125 e. The summed E-state index contributed by atoms with van der Waals surface area (Å²) in [6, 6.07) is 4.12. The summed E-state index contributed by atoms with van der Waals surface area (Å²) < 4.78 is 5.64. The van der Waals surface area contributed by atoms with Crippen LogP contribution in [0.1, 0.15) is 50.8 Å². The zero-order valence-corrected chi connectivity index (χ0v) is 13.7. The van der Waals surface area contributed by atoms with Crippen LogP contribution < -0.4 is 10.5 Å². The fourth-order valence-electron chi connectivity index (χ4n) is 2.40. The van der Waals surface area contributed by atoms with Gasteiger partial charge in [0, 0.05) is 11.6 Å². The molecule has 0 aliphatic rings. The molecule has 0 fully saturated rings. The molecule has 20 heavy (non-hydrogen) atoms. The van der Waals surface area contributed by atoms with Crippen molar-refractivity contribution in [2.24, 2.45) is 5.73 Å². The number of methoxy groups -OCH3 is 1. The minimum absolute atomic E-state index is 0.0336. The second kappa shape index (κ2) is 6.59. The summed E-state index contributed by atoms with van der Waals surface area (Å²) in [7, 11) is 1.71. The summed E-state index contributed by atoms with van der Waals surface area (Å²) >= 11 is 0. The van der Waals surface area contributed by atoms with Crippen molar-refractivity contribution in [1.29, 1.82) is 0 Å². The summed E-state index contributed by atoms with van der Waals surface area (Å²) in [6.07, 6.45) is 0.954. The molecule has 0 aliphatic heterocycles. The van der Waals surface area contributed by atoms with Crippen LogP contribution in [-0.2, 0) is 11.8 Å². The number of hydrogen-bond donors (Lipinski definition) is 2. The standard InChI is InChI=1S/C17H29NO2/c1-11-9-13(7-8-15(19)12(2)18)16(20-6)14(10-11)17(3,4)5/h9-10,12,15,19H,7-8,18H2,1-6H3. The number of hydrogen-bond acceptors (Lipinski definition) is 3. The fourth-order valence-corrected chi connectivity index (χ4v) is 2.40.